The van der Waals surface area contributed by atoms with Gasteiger partial charge in [-0.25, -0.2) is 0 Å². The Kier molecular flexibility index (Phi) is 6.47. The van der Waals surface area contributed by atoms with Crippen LogP contribution >= 0.6 is 0 Å². The van der Waals surface area contributed by atoms with Crippen molar-refractivity contribution >= 4 is 10.9 Å². The topological polar surface area (TPSA) is 48.8 Å². The van der Waals surface area contributed by atoms with Crippen LogP contribution in [0.25, 0.3) is 10.9 Å². The van der Waals surface area contributed by atoms with Gasteiger partial charge >= 0.3 is 0 Å². The van der Waals surface area contributed by atoms with Crippen molar-refractivity contribution < 1.29 is 4.74 Å². The summed E-state index contributed by atoms with van der Waals surface area (Å²) in [6.07, 6.45) is 13.6. The zero-order valence-corrected chi connectivity index (χ0v) is 27.4. The molecule has 1 heterocycles. The maximum Gasteiger partial charge on any atom is 0.0645 e. The summed E-state index contributed by atoms with van der Waals surface area (Å²) in [7, 11) is 0. The number of nitrogens with zero attached hydrogens (tertiary/aromatic N) is 1. The van der Waals surface area contributed by atoms with Crippen LogP contribution in [0.15, 0.2) is 35.9 Å². The minimum Gasteiger partial charge on any atom is -0.380 e. The van der Waals surface area contributed by atoms with Crippen molar-refractivity contribution in [2.45, 2.75) is 112 Å². The summed E-state index contributed by atoms with van der Waals surface area (Å²) in [6, 6.07) is 11.3. The Bertz CT molecular complexity index is 1460. The quantitative estimate of drug-likeness (QED) is 0.296. The third-order valence-electron chi connectivity index (χ3n) is 15.1. The second-order valence-electron chi connectivity index (χ2n) is 16.9. The number of allylic oxidation sites excluding steroid dienone is 2. The molecule has 0 amide bonds. The molecule has 0 unspecified atom stereocenters. The Balaban J connectivity index is 1.31. The van der Waals surface area contributed by atoms with Crippen molar-refractivity contribution in [1.29, 1.82) is 5.26 Å². The summed E-state index contributed by atoms with van der Waals surface area (Å²) in [6.45, 7) is 19.7. The molecule has 1 aromatic heterocycles. The highest BCUT2D eigenvalue weighted by Crippen LogP contribution is 2.75. The maximum atomic E-state index is 9.13. The molecular formula is C39H54N2O. The monoisotopic (exact) mass is 566 g/mol. The van der Waals surface area contributed by atoms with E-state index in [2.05, 4.69) is 89.9 Å². The first kappa shape index (κ1) is 28.7. The number of rotatable bonds is 4. The summed E-state index contributed by atoms with van der Waals surface area (Å²) >= 11 is 0. The van der Waals surface area contributed by atoms with Crippen LogP contribution in [0.2, 0.25) is 0 Å². The third kappa shape index (κ3) is 3.60. The highest BCUT2D eigenvalue weighted by Gasteiger charge is 2.68. The molecule has 0 aliphatic heterocycles. The molecule has 0 spiro atoms. The average molecular weight is 567 g/mol. The Morgan fingerprint density at radius 3 is 2.55 bits per heavy atom. The van der Waals surface area contributed by atoms with Crippen molar-refractivity contribution in [2.24, 2.45) is 51.2 Å². The van der Waals surface area contributed by atoms with Crippen molar-refractivity contribution in [3.63, 3.8) is 0 Å². The van der Waals surface area contributed by atoms with Crippen molar-refractivity contribution in [3.8, 4) is 6.07 Å². The van der Waals surface area contributed by atoms with Crippen LogP contribution in [-0.4, -0.2) is 18.2 Å². The van der Waals surface area contributed by atoms with Crippen molar-refractivity contribution in [2.75, 3.05) is 13.2 Å². The number of para-hydroxylation sites is 1. The first-order valence-corrected chi connectivity index (χ1v) is 17.2. The SMILES string of the molecule is C[C@H]1[C@H](C)CC[C@]2(COCCC#N)CC[C@]3(C)C(=CC[C@@H]4[C@@]5(C)Cc6c([nH]c7ccccc67)C(C)(C)[C@@H]5CC[C@]43C)[C@H]12. The second kappa shape index (κ2) is 9.47. The molecule has 7 rings (SSSR count). The maximum absolute atomic E-state index is 9.13. The molecule has 226 valence electrons. The first-order valence-electron chi connectivity index (χ1n) is 17.2. The van der Waals surface area contributed by atoms with Gasteiger partial charge < -0.3 is 9.72 Å². The van der Waals surface area contributed by atoms with Crippen LogP contribution in [0.1, 0.15) is 111 Å². The number of aromatic nitrogens is 1. The fraction of sp³-hybridized carbons (Fsp3) is 0.718. The van der Waals surface area contributed by atoms with Crippen LogP contribution in [-0.2, 0) is 16.6 Å². The van der Waals surface area contributed by atoms with Crippen LogP contribution in [0, 0.1) is 62.6 Å². The second-order valence-corrected chi connectivity index (χ2v) is 16.9. The van der Waals surface area contributed by atoms with E-state index >= 15 is 0 Å². The van der Waals surface area contributed by atoms with E-state index in [0.29, 0.717) is 42.1 Å². The van der Waals surface area contributed by atoms with E-state index in [4.69, 9.17) is 10.00 Å². The number of fused-ring (bicyclic) bond motifs is 10. The Morgan fingerprint density at radius 1 is 0.976 bits per heavy atom. The molecule has 1 aromatic carbocycles. The predicted octanol–water partition coefficient (Wildman–Crippen LogP) is 9.77. The number of hydrogen-bond donors (Lipinski definition) is 1. The molecule has 5 aliphatic rings. The van der Waals surface area contributed by atoms with Gasteiger partial charge in [0, 0.05) is 27.4 Å². The summed E-state index contributed by atoms with van der Waals surface area (Å²) in [5, 5.41) is 10.6. The Labute approximate surface area is 254 Å². The molecule has 1 N–H and O–H groups in total. The van der Waals surface area contributed by atoms with Crippen LogP contribution in [0.3, 0.4) is 0 Å². The predicted molar refractivity (Wildman–Crippen MR) is 172 cm³/mol. The fourth-order valence-corrected chi connectivity index (χ4v) is 12.6. The number of nitriles is 1. The highest BCUT2D eigenvalue weighted by molar-refractivity contribution is 5.85. The van der Waals surface area contributed by atoms with Crippen molar-refractivity contribution in [3.05, 3.63) is 47.2 Å². The summed E-state index contributed by atoms with van der Waals surface area (Å²) in [5.74, 6) is 3.41. The van der Waals surface area contributed by atoms with Gasteiger partial charge in [-0.1, -0.05) is 78.3 Å². The summed E-state index contributed by atoms with van der Waals surface area (Å²) in [4.78, 5) is 3.92. The van der Waals surface area contributed by atoms with Gasteiger partial charge in [0.15, 0.2) is 0 Å². The van der Waals surface area contributed by atoms with Crippen molar-refractivity contribution in [1.82, 2.24) is 4.98 Å². The van der Waals surface area contributed by atoms with Crippen LogP contribution < -0.4 is 0 Å². The van der Waals surface area contributed by atoms with Gasteiger partial charge in [-0.15, -0.1) is 0 Å². The van der Waals surface area contributed by atoms with Gasteiger partial charge in [-0.2, -0.15) is 5.26 Å². The summed E-state index contributed by atoms with van der Waals surface area (Å²) < 4.78 is 6.32. The minimum absolute atomic E-state index is 0.142. The normalized spacial score (nSPS) is 43.7. The van der Waals surface area contributed by atoms with E-state index in [1.165, 1.54) is 68.0 Å². The van der Waals surface area contributed by atoms with Gasteiger partial charge in [-0.05, 0) is 109 Å². The van der Waals surface area contributed by atoms with Gasteiger partial charge in [-0.3, -0.25) is 0 Å². The minimum atomic E-state index is 0.142. The molecule has 5 aliphatic carbocycles. The first-order chi connectivity index (χ1) is 19.9. The van der Waals surface area contributed by atoms with Gasteiger partial charge in [0.2, 0.25) is 0 Å². The van der Waals surface area contributed by atoms with E-state index in [0.717, 1.165) is 12.5 Å². The van der Waals surface area contributed by atoms with E-state index in [9.17, 15) is 0 Å². The number of aromatic amines is 1. The lowest BCUT2D eigenvalue weighted by Crippen LogP contribution is -2.65. The molecule has 2 aromatic rings. The van der Waals surface area contributed by atoms with E-state index in [1.54, 1.807) is 11.1 Å². The average Bonchev–Trinajstić information content (AvgIpc) is 3.33. The number of H-pyrrole nitrogens is 1. The molecule has 3 heteroatoms. The Hall–Kier alpha value is -2.05. The lowest BCUT2D eigenvalue weighted by atomic mass is 9.33. The molecule has 3 fully saturated rings. The van der Waals surface area contributed by atoms with E-state index in [1.807, 2.05) is 0 Å². The number of ether oxygens (including phenoxy) is 1. The molecule has 0 saturated heterocycles. The zero-order chi connectivity index (χ0) is 29.7. The van der Waals surface area contributed by atoms with Crippen LogP contribution in [0.4, 0.5) is 0 Å². The number of nitrogens with one attached hydrogen (secondary N) is 1. The molecule has 0 radical (unpaired) electrons. The summed E-state index contributed by atoms with van der Waals surface area (Å²) in [5.41, 5.74) is 7.44. The fourth-order valence-electron chi connectivity index (χ4n) is 12.6. The molecular weight excluding hydrogens is 512 g/mol. The lowest BCUT2D eigenvalue weighted by molar-refractivity contribution is -0.168. The van der Waals surface area contributed by atoms with Gasteiger partial charge in [0.05, 0.1) is 25.7 Å². The largest absolute Gasteiger partial charge is 0.380 e. The zero-order valence-electron chi connectivity index (χ0n) is 27.4. The molecule has 3 nitrogen and oxygen atoms in total. The number of hydrogen-bond acceptors (Lipinski definition) is 2. The van der Waals surface area contributed by atoms with E-state index < -0.39 is 0 Å². The van der Waals surface area contributed by atoms with Gasteiger partial charge in [0.25, 0.3) is 0 Å². The van der Waals surface area contributed by atoms with Gasteiger partial charge in [0.1, 0.15) is 0 Å². The molecule has 3 saturated carbocycles. The molecule has 9 atom stereocenters. The molecule has 0 bridgehead atoms. The highest BCUT2D eigenvalue weighted by atomic mass is 16.5. The number of benzene rings is 1. The van der Waals surface area contributed by atoms with E-state index in [-0.39, 0.29) is 21.7 Å². The third-order valence-corrected chi connectivity index (χ3v) is 15.1. The van der Waals surface area contributed by atoms with Crippen LogP contribution in [0.5, 0.6) is 0 Å². The smallest absolute Gasteiger partial charge is 0.0645 e. The molecule has 42 heavy (non-hydrogen) atoms. The lowest BCUT2D eigenvalue weighted by Gasteiger charge is -2.71. The Morgan fingerprint density at radius 2 is 1.76 bits per heavy atom. The standard InChI is InChI=1S/C39H54N2O/c1-25-15-18-39(24-42-22-10-21-40)20-19-37(6)29(33(39)26(25)2)13-14-32-36(5)23-28-27-11-8-9-12-30(27)41-34(28)35(3,4)31(36)16-17-38(32,37)7/h8-9,11-13,25-26,31-33,41H,10,14-20,22-24H2,1-7H3/t25-,26+,31+,32-,33+,36+,37-,38-,39-/m1/s1.